The van der Waals surface area contributed by atoms with E-state index in [1.807, 2.05) is 0 Å². The Morgan fingerprint density at radius 2 is 0.587 bits per heavy atom. The van der Waals surface area contributed by atoms with Crippen LogP contribution < -0.4 is 9.47 Å². The van der Waals surface area contributed by atoms with Gasteiger partial charge < -0.3 is 9.47 Å². The first-order valence-electron chi connectivity index (χ1n) is 21.7. The first-order chi connectivity index (χ1) is 30.9. The fraction of sp³-hybridized carbons (Fsp3) is 0.119. The van der Waals surface area contributed by atoms with Gasteiger partial charge in [0.15, 0.2) is 0 Å². The summed E-state index contributed by atoms with van der Waals surface area (Å²) in [5.74, 6) is 2.91. The van der Waals surface area contributed by atoms with E-state index in [0.717, 1.165) is 56.0 Å². The minimum atomic E-state index is -0.501. The summed E-state index contributed by atoms with van der Waals surface area (Å²) >= 11 is 9.23. The van der Waals surface area contributed by atoms with Crippen LogP contribution in [0.15, 0.2) is 194 Å². The molecule has 10 aromatic carbocycles. The summed E-state index contributed by atoms with van der Waals surface area (Å²) in [4.78, 5) is 0. The molecule has 2 nitrogen and oxygen atoms in total. The van der Waals surface area contributed by atoms with Gasteiger partial charge in [-0.25, -0.2) is 0 Å². The van der Waals surface area contributed by atoms with Crippen LogP contribution >= 0.6 is 25.3 Å². The second-order valence-corrected chi connectivity index (χ2v) is 17.7. The minimum absolute atomic E-state index is 0.477. The van der Waals surface area contributed by atoms with Crippen molar-refractivity contribution in [1.82, 2.24) is 0 Å². The smallest absolute Gasteiger partial charge is 0.134 e. The van der Waals surface area contributed by atoms with Gasteiger partial charge >= 0.3 is 0 Å². The van der Waals surface area contributed by atoms with Crippen LogP contribution in [-0.4, -0.2) is 24.7 Å². The van der Waals surface area contributed by atoms with Crippen molar-refractivity contribution in [2.24, 2.45) is 0 Å². The van der Waals surface area contributed by atoms with Gasteiger partial charge in [-0.15, -0.1) is 0 Å². The quantitative estimate of drug-likeness (QED) is 0.119. The molecule has 0 aromatic heterocycles. The molecule has 0 saturated heterocycles. The molecule has 0 aliphatic heterocycles. The largest absolute Gasteiger partial charge is 0.491 e. The standard InChI is InChI=1S/C59H48O2S2/c1-59(2,51-35-53(47-23-19-39-11-3-7-15-43(39)31-47)57(60-27-29-62)54(36-51)48-24-20-40-12-4-8-16-44(40)32-48)52-37-55(49-25-21-41-13-5-9-17-45(41)33-49)58(61-28-30-63)56(38-52)50-26-22-42-14-6-10-18-46(42)34-50/h3-26,31-38,62-63H,27-30H2,1-2H3. The van der Waals surface area contributed by atoms with Gasteiger partial charge in [-0.3, -0.25) is 0 Å². The van der Waals surface area contributed by atoms with Crippen molar-refractivity contribution in [3.05, 3.63) is 205 Å². The Hall–Kier alpha value is -6.46. The van der Waals surface area contributed by atoms with Crippen LogP contribution in [0.3, 0.4) is 0 Å². The third-order valence-electron chi connectivity index (χ3n) is 12.5. The molecule has 0 N–H and O–H groups in total. The zero-order valence-corrected chi connectivity index (χ0v) is 37.3. The van der Waals surface area contributed by atoms with Gasteiger partial charge in [0.05, 0.1) is 13.2 Å². The minimum Gasteiger partial charge on any atom is -0.491 e. The molecule has 0 unspecified atom stereocenters. The van der Waals surface area contributed by atoms with Gasteiger partial charge in [0, 0.05) is 39.2 Å². The average Bonchev–Trinajstić information content (AvgIpc) is 3.33. The van der Waals surface area contributed by atoms with Gasteiger partial charge in [-0.05, 0) is 125 Å². The fourth-order valence-corrected chi connectivity index (χ4v) is 9.22. The van der Waals surface area contributed by atoms with E-state index < -0.39 is 5.41 Å². The predicted octanol–water partition coefficient (Wildman–Crippen LogP) is 15.9. The van der Waals surface area contributed by atoms with Crippen LogP contribution in [0, 0.1) is 0 Å². The fourth-order valence-electron chi connectivity index (χ4n) is 9.04. The molecule has 4 heteroatoms. The SMILES string of the molecule is CC(C)(c1cc(-c2ccc3ccccc3c2)c(OCCS)c(-c2ccc3ccccc3c2)c1)c1cc(-c2ccc3ccccc3c2)c(OCCS)c(-c2ccc3ccccc3c2)c1. The molecule has 0 aliphatic carbocycles. The molecule has 0 fully saturated rings. The lowest BCUT2D eigenvalue weighted by molar-refractivity contribution is 0.347. The maximum absolute atomic E-state index is 6.80. The summed E-state index contributed by atoms with van der Waals surface area (Å²) in [6, 6.07) is 70.6. The predicted molar refractivity (Wildman–Crippen MR) is 275 cm³/mol. The molecule has 0 spiro atoms. The molecule has 0 heterocycles. The van der Waals surface area contributed by atoms with E-state index in [2.05, 4.69) is 233 Å². The van der Waals surface area contributed by atoms with E-state index in [4.69, 9.17) is 9.47 Å². The summed E-state index contributed by atoms with van der Waals surface area (Å²) < 4.78 is 13.6. The normalized spacial score (nSPS) is 11.7. The van der Waals surface area contributed by atoms with E-state index in [0.29, 0.717) is 24.7 Å². The van der Waals surface area contributed by atoms with E-state index in [1.165, 1.54) is 54.2 Å². The zero-order valence-electron chi connectivity index (χ0n) is 35.5. The third kappa shape index (κ3) is 7.95. The Morgan fingerprint density at radius 1 is 0.333 bits per heavy atom. The second kappa shape index (κ2) is 17.4. The van der Waals surface area contributed by atoms with Gasteiger partial charge in [-0.1, -0.05) is 159 Å². The van der Waals surface area contributed by atoms with Crippen LogP contribution in [0.4, 0.5) is 0 Å². The summed E-state index contributed by atoms with van der Waals surface area (Å²) in [6.45, 7) is 5.65. The van der Waals surface area contributed by atoms with E-state index in [1.54, 1.807) is 0 Å². The van der Waals surface area contributed by atoms with E-state index >= 15 is 0 Å². The Morgan fingerprint density at radius 3 is 0.841 bits per heavy atom. The maximum Gasteiger partial charge on any atom is 0.134 e. The second-order valence-electron chi connectivity index (χ2n) is 16.8. The van der Waals surface area contributed by atoms with E-state index in [9.17, 15) is 0 Å². The van der Waals surface area contributed by atoms with E-state index in [-0.39, 0.29) is 0 Å². The van der Waals surface area contributed by atoms with Gasteiger partial charge in [0.2, 0.25) is 0 Å². The van der Waals surface area contributed by atoms with Crippen molar-refractivity contribution < 1.29 is 9.47 Å². The van der Waals surface area contributed by atoms with Crippen molar-refractivity contribution in [3.8, 4) is 56.0 Å². The molecule has 10 rings (SSSR count). The Labute approximate surface area is 381 Å². The Kier molecular flexibility index (Phi) is 11.2. The average molecular weight is 853 g/mol. The van der Waals surface area contributed by atoms with Crippen LogP contribution in [0.1, 0.15) is 25.0 Å². The Balaban J connectivity index is 1.25. The van der Waals surface area contributed by atoms with Crippen LogP contribution in [-0.2, 0) is 5.41 Å². The summed E-state index contributed by atoms with van der Waals surface area (Å²) in [5, 5.41) is 9.54. The van der Waals surface area contributed by atoms with Gasteiger partial charge in [0.1, 0.15) is 11.5 Å². The number of hydrogen-bond acceptors (Lipinski definition) is 4. The molecule has 10 aromatic rings. The summed E-state index contributed by atoms with van der Waals surface area (Å²) in [5.41, 5.74) is 10.5. The number of fused-ring (bicyclic) bond motifs is 4. The molecule has 0 amide bonds. The maximum atomic E-state index is 6.80. The molecule has 0 bridgehead atoms. The van der Waals surface area contributed by atoms with Gasteiger partial charge in [-0.2, -0.15) is 25.3 Å². The third-order valence-corrected chi connectivity index (χ3v) is 12.9. The van der Waals surface area contributed by atoms with Gasteiger partial charge in [0.25, 0.3) is 0 Å². The summed E-state index contributed by atoms with van der Waals surface area (Å²) in [7, 11) is 0. The Bertz CT molecular complexity index is 2890. The topological polar surface area (TPSA) is 18.5 Å². The van der Waals surface area contributed by atoms with Crippen molar-refractivity contribution in [2.75, 3.05) is 24.7 Å². The monoisotopic (exact) mass is 852 g/mol. The molecule has 0 radical (unpaired) electrons. The molecule has 0 saturated carbocycles. The van der Waals surface area contributed by atoms with Crippen molar-refractivity contribution in [1.29, 1.82) is 0 Å². The van der Waals surface area contributed by atoms with Crippen LogP contribution in [0.25, 0.3) is 87.6 Å². The highest BCUT2D eigenvalue weighted by molar-refractivity contribution is 7.80. The molecule has 308 valence electrons. The number of hydrogen-bond donors (Lipinski definition) is 2. The highest BCUT2D eigenvalue weighted by Crippen LogP contribution is 2.49. The molecule has 0 atom stereocenters. The molecular weight excluding hydrogens is 805 g/mol. The highest BCUT2D eigenvalue weighted by Gasteiger charge is 2.30. The number of ether oxygens (including phenoxy) is 2. The highest BCUT2D eigenvalue weighted by atomic mass is 32.1. The van der Waals surface area contributed by atoms with Crippen LogP contribution in [0.2, 0.25) is 0 Å². The van der Waals surface area contributed by atoms with Crippen molar-refractivity contribution >= 4 is 68.3 Å². The lowest BCUT2D eigenvalue weighted by Gasteiger charge is -2.31. The first-order valence-corrected chi connectivity index (χ1v) is 23.0. The van der Waals surface area contributed by atoms with Crippen molar-refractivity contribution in [3.63, 3.8) is 0 Å². The lowest BCUT2D eigenvalue weighted by Crippen LogP contribution is -2.20. The van der Waals surface area contributed by atoms with Crippen molar-refractivity contribution in [2.45, 2.75) is 19.3 Å². The molecule has 63 heavy (non-hydrogen) atoms. The zero-order chi connectivity index (χ0) is 42.9. The summed E-state index contributed by atoms with van der Waals surface area (Å²) in [6.07, 6.45) is 0. The molecular formula is C59H48O2S2. The number of benzene rings is 10. The van der Waals surface area contributed by atoms with Crippen LogP contribution in [0.5, 0.6) is 11.5 Å². The lowest BCUT2D eigenvalue weighted by atomic mass is 9.74. The number of thiol groups is 2. The molecule has 0 aliphatic rings. The number of rotatable bonds is 12. The first kappa shape index (κ1) is 40.6.